The maximum Gasteiger partial charge on any atom is 0.262 e. The molecule has 0 saturated carbocycles. The van der Waals surface area contributed by atoms with Crippen molar-refractivity contribution >= 4 is 40.7 Å². The highest BCUT2D eigenvalue weighted by molar-refractivity contribution is 6.68. The summed E-state index contributed by atoms with van der Waals surface area (Å²) >= 11 is 18.6. The van der Waals surface area contributed by atoms with Crippen LogP contribution in [0, 0.1) is 11.8 Å². The molecule has 2 aliphatic rings. The number of fused-ring (bicyclic) bond motifs is 4. The van der Waals surface area contributed by atoms with Gasteiger partial charge in [-0.25, -0.2) is 0 Å². The molecule has 0 aromatic carbocycles. The Kier molecular flexibility index (Phi) is 5.41. The summed E-state index contributed by atoms with van der Waals surface area (Å²) in [4.78, 5) is 25.4. The number of nitrogens with one attached hydrogen (secondary N) is 2. The summed E-state index contributed by atoms with van der Waals surface area (Å²) in [5.74, 6) is 0.239. The van der Waals surface area contributed by atoms with Crippen molar-refractivity contribution in [1.29, 1.82) is 0 Å². The summed E-state index contributed by atoms with van der Waals surface area (Å²) in [6.45, 7) is 5.78. The molecule has 5 nitrogen and oxygen atoms in total. The van der Waals surface area contributed by atoms with Crippen LogP contribution in [0.15, 0.2) is 23.0 Å². The number of carbonyl (C=O) groups is 1. The number of nitrogens with zero attached hydrogens (tertiary/aromatic N) is 1. The zero-order chi connectivity index (χ0) is 18.4. The van der Waals surface area contributed by atoms with Gasteiger partial charge < -0.3 is 14.8 Å². The Balaban J connectivity index is 1.86. The number of rotatable bonds is 3. The van der Waals surface area contributed by atoms with E-state index in [0.29, 0.717) is 12.5 Å². The van der Waals surface area contributed by atoms with Crippen molar-refractivity contribution in [1.82, 2.24) is 9.88 Å². The topological polar surface area (TPSA) is 55.5 Å². The highest BCUT2D eigenvalue weighted by Gasteiger charge is 2.47. The molecule has 1 amide bonds. The molecule has 0 aliphatic carbocycles. The maximum absolute atomic E-state index is 12.2. The van der Waals surface area contributed by atoms with E-state index in [2.05, 4.69) is 5.32 Å². The second-order valence-corrected chi connectivity index (χ2v) is 9.77. The number of carbonyl (C=O) groups excluding carboxylic acids is 1. The summed E-state index contributed by atoms with van der Waals surface area (Å²) in [5, 5.41) is 2.91. The van der Waals surface area contributed by atoms with Crippen LogP contribution in [0.4, 0.5) is 0 Å². The fraction of sp³-hybridized carbons (Fsp3) is 0.647. The first-order valence-electron chi connectivity index (χ1n) is 8.58. The highest BCUT2D eigenvalue weighted by Crippen LogP contribution is 2.33. The molecule has 2 aliphatic heterocycles. The predicted molar refractivity (Wildman–Crippen MR) is 99.3 cm³/mol. The molecule has 3 rings (SSSR count). The maximum atomic E-state index is 12.2. The summed E-state index contributed by atoms with van der Waals surface area (Å²) in [6.07, 6.45) is 0.414. The first-order valence-corrected chi connectivity index (χ1v) is 9.71. The molecule has 3 heterocycles. The van der Waals surface area contributed by atoms with Crippen molar-refractivity contribution in [3.63, 3.8) is 0 Å². The lowest BCUT2D eigenvalue weighted by atomic mass is 9.83. The van der Waals surface area contributed by atoms with Gasteiger partial charge in [0.2, 0.25) is 12.1 Å². The van der Waals surface area contributed by atoms with E-state index in [4.69, 9.17) is 34.8 Å². The van der Waals surface area contributed by atoms with E-state index in [0.717, 1.165) is 30.1 Å². The third-order valence-corrected chi connectivity index (χ3v) is 5.82. The van der Waals surface area contributed by atoms with Gasteiger partial charge in [-0.3, -0.25) is 9.59 Å². The van der Waals surface area contributed by atoms with E-state index >= 15 is 0 Å². The molecule has 8 heteroatoms. The smallest absolute Gasteiger partial charge is 0.262 e. The Bertz CT molecular complexity index is 714. The minimum atomic E-state index is -1.60. The first-order chi connectivity index (χ1) is 11.7. The van der Waals surface area contributed by atoms with Gasteiger partial charge in [0.1, 0.15) is 0 Å². The van der Waals surface area contributed by atoms with Crippen LogP contribution in [0.2, 0.25) is 0 Å². The number of alkyl halides is 3. The molecule has 2 bridgehead atoms. The molecule has 4 atom stereocenters. The molecule has 2 N–H and O–H groups in total. The van der Waals surface area contributed by atoms with E-state index in [1.165, 1.54) is 0 Å². The Hall–Kier alpha value is -0.750. The zero-order valence-electron chi connectivity index (χ0n) is 14.3. The van der Waals surface area contributed by atoms with Gasteiger partial charge in [-0.05, 0) is 12.5 Å². The van der Waals surface area contributed by atoms with Crippen LogP contribution in [0.1, 0.15) is 31.9 Å². The Morgan fingerprint density at radius 2 is 2.04 bits per heavy atom. The predicted octanol–water partition coefficient (Wildman–Crippen LogP) is 1.32. The number of halogens is 3. The summed E-state index contributed by atoms with van der Waals surface area (Å²) in [5.41, 5.74) is 1.08. The monoisotopic (exact) mass is 406 g/mol. The van der Waals surface area contributed by atoms with Crippen LogP contribution >= 0.6 is 34.8 Å². The fourth-order valence-corrected chi connectivity index (χ4v) is 4.64. The quantitative estimate of drug-likeness (QED) is 0.743. The van der Waals surface area contributed by atoms with Gasteiger partial charge in [0, 0.05) is 36.1 Å². The third kappa shape index (κ3) is 4.00. The van der Waals surface area contributed by atoms with Crippen LogP contribution in [-0.2, 0) is 11.3 Å². The Labute approximate surface area is 162 Å². The van der Waals surface area contributed by atoms with Gasteiger partial charge in [0.25, 0.3) is 9.35 Å². The number of likely N-dealkylation sites (tertiary alicyclic amines) is 1. The van der Waals surface area contributed by atoms with Crippen molar-refractivity contribution in [2.45, 2.75) is 42.7 Å². The first kappa shape index (κ1) is 19.0. The second-order valence-electron chi connectivity index (χ2n) is 7.40. The van der Waals surface area contributed by atoms with Crippen LogP contribution in [-0.4, -0.2) is 33.5 Å². The van der Waals surface area contributed by atoms with Crippen LogP contribution in [0.25, 0.3) is 0 Å². The SMILES string of the molecule is CC(C)C(=O)N[C@@H]([NH+]1C[C@H]2C[C@@H](C1)c1cccc(=O)n1C2)C(Cl)(Cl)Cl. The van der Waals surface area contributed by atoms with Crippen LogP contribution < -0.4 is 15.8 Å². The fourth-order valence-electron chi connectivity index (χ4n) is 4.01. The molecule has 1 unspecified atom stereocenters. The summed E-state index contributed by atoms with van der Waals surface area (Å²) < 4.78 is 0.272. The van der Waals surface area contributed by atoms with E-state index in [-0.39, 0.29) is 23.3 Å². The molecule has 1 aromatic rings. The lowest BCUT2D eigenvalue weighted by molar-refractivity contribution is -0.937. The standard InChI is InChI=1S/C17H22Cl3N3O2/c1-10(2)15(25)21-16(17(18,19)20)22-7-11-6-12(9-22)13-4-3-5-14(24)23(13)8-11/h3-5,10-12,16H,6-9H2,1-2H3,(H,21,25)/p+1/t11-,12+,16+/m1/s1. The number of pyridine rings is 1. The summed E-state index contributed by atoms with van der Waals surface area (Å²) in [7, 11) is 0. The van der Waals surface area contributed by atoms with E-state index in [1.807, 2.05) is 24.5 Å². The van der Waals surface area contributed by atoms with Gasteiger partial charge in [-0.15, -0.1) is 0 Å². The van der Waals surface area contributed by atoms with Gasteiger partial charge >= 0.3 is 0 Å². The number of amides is 1. The van der Waals surface area contributed by atoms with Crippen molar-refractivity contribution in [2.24, 2.45) is 11.8 Å². The average molecular weight is 408 g/mol. The second kappa shape index (κ2) is 7.10. The van der Waals surface area contributed by atoms with Crippen molar-refractivity contribution in [3.05, 3.63) is 34.2 Å². The van der Waals surface area contributed by atoms with Gasteiger partial charge in [0.15, 0.2) is 0 Å². The molecule has 1 saturated heterocycles. The molecule has 0 radical (unpaired) electrons. The molecular formula is C17H23Cl3N3O2+. The molecular weight excluding hydrogens is 385 g/mol. The number of piperidine rings is 1. The highest BCUT2D eigenvalue weighted by atomic mass is 35.6. The lowest BCUT2D eigenvalue weighted by Gasteiger charge is -2.44. The van der Waals surface area contributed by atoms with Crippen molar-refractivity contribution < 1.29 is 9.69 Å². The van der Waals surface area contributed by atoms with Crippen molar-refractivity contribution in [3.8, 4) is 0 Å². The minimum absolute atomic E-state index is 0.0432. The largest absolute Gasteiger partial charge is 0.312 e. The molecule has 1 aromatic heterocycles. The van der Waals surface area contributed by atoms with Crippen molar-refractivity contribution in [2.75, 3.05) is 13.1 Å². The normalized spacial score (nSPS) is 26.9. The van der Waals surface area contributed by atoms with E-state index in [1.54, 1.807) is 12.1 Å². The number of hydrogen-bond donors (Lipinski definition) is 2. The Morgan fingerprint density at radius 3 is 2.68 bits per heavy atom. The van der Waals surface area contributed by atoms with E-state index in [9.17, 15) is 9.59 Å². The molecule has 138 valence electrons. The molecule has 1 fully saturated rings. The number of hydrogen-bond acceptors (Lipinski definition) is 2. The van der Waals surface area contributed by atoms with Crippen LogP contribution in [0.3, 0.4) is 0 Å². The lowest BCUT2D eigenvalue weighted by Crippen LogP contribution is -3.21. The Morgan fingerprint density at radius 1 is 1.32 bits per heavy atom. The summed E-state index contributed by atoms with van der Waals surface area (Å²) in [6, 6.07) is 5.40. The minimum Gasteiger partial charge on any atom is -0.312 e. The average Bonchev–Trinajstić information content (AvgIpc) is 2.52. The number of aromatic nitrogens is 1. The molecule has 25 heavy (non-hydrogen) atoms. The van der Waals surface area contributed by atoms with Gasteiger partial charge in [0.05, 0.1) is 13.1 Å². The van der Waals surface area contributed by atoms with Gasteiger partial charge in [-0.2, -0.15) is 0 Å². The third-order valence-electron chi connectivity index (χ3n) is 5.17. The number of quaternary nitrogens is 1. The van der Waals surface area contributed by atoms with Crippen LogP contribution in [0.5, 0.6) is 0 Å². The molecule has 0 spiro atoms. The van der Waals surface area contributed by atoms with E-state index < -0.39 is 9.96 Å². The van der Waals surface area contributed by atoms with Gasteiger partial charge in [-0.1, -0.05) is 54.7 Å². The zero-order valence-corrected chi connectivity index (χ0v) is 16.5.